The first-order chi connectivity index (χ1) is 15.3. The Hall–Kier alpha value is -1.91. The van der Waals surface area contributed by atoms with Crippen molar-refractivity contribution in [3.05, 3.63) is 41.3 Å². The molecule has 0 amide bonds. The second-order valence-corrected chi connectivity index (χ2v) is 12.3. The number of hydrogen-bond donors (Lipinski definition) is 1. The molecule has 1 spiro atoms. The normalized spacial score (nSPS) is 29.4. The average Bonchev–Trinajstić information content (AvgIpc) is 3.30. The Labute approximate surface area is 191 Å². The van der Waals surface area contributed by atoms with Crippen LogP contribution in [0.4, 0.5) is 13.2 Å². The van der Waals surface area contributed by atoms with Gasteiger partial charge in [0.2, 0.25) is 5.89 Å². The molecular weight excluding hydrogens is 455 g/mol. The van der Waals surface area contributed by atoms with Crippen LogP contribution >= 0.6 is 0 Å². The van der Waals surface area contributed by atoms with Crippen LogP contribution in [0, 0.1) is 11.8 Å². The number of fused-ring (bicyclic) bond motifs is 1. The van der Waals surface area contributed by atoms with Gasteiger partial charge < -0.3 is 4.42 Å². The lowest BCUT2D eigenvalue weighted by atomic mass is 9.79. The Bertz CT molecular complexity index is 1190. The number of nitrogens with one attached hydrogen (secondary N) is 1. The van der Waals surface area contributed by atoms with Gasteiger partial charge in [0.1, 0.15) is 12.3 Å². The van der Waals surface area contributed by atoms with Crippen molar-refractivity contribution in [1.82, 2.24) is 14.0 Å². The maximum atomic E-state index is 13.0. The SMILES string of the molecule is CC(C)(C)c1cnc(-c2ccc3c(c2)C[C@@H]2CC[C@H](C3)[C@]23CN(CC(F)(F)F)S(=O)(=O)N3)o1. The molecule has 2 fully saturated rings. The number of rotatable bonds is 2. The average molecular weight is 484 g/mol. The molecule has 6 nitrogen and oxygen atoms in total. The highest BCUT2D eigenvalue weighted by atomic mass is 32.2. The van der Waals surface area contributed by atoms with Crippen LogP contribution in [0.15, 0.2) is 28.8 Å². The van der Waals surface area contributed by atoms with E-state index in [1.807, 2.05) is 18.2 Å². The molecule has 0 unspecified atom stereocenters. The molecule has 5 rings (SSSR count). The molecule has 2 bridgehead atoms. The first kappa shape index (κ1) is 22.9. The minimum atomic E-state index is -4.58. The molecule has 1 aromatic carbocycles. The molecule has 1 N–H and O–H groups in total. The number of benzene rings is 1. The van der Waals surface area contributed by atoms with Gasteiger partial charge in [0.25, 0.3) is 10.2 Å². The van der Waals surface area contributed by atoms with Gasteiger partial charge in [0.05, 0.1) is 11.7 Å². The predicted octanol–water partition coefficient (Wildman–Crippen LogP) is 4.22. The molecule has 3 atom stereocenters. The molecule has 33 heavy (non-hydrogen) atoms. The van der Waals surface area contributed by atoms with Gasteiger partial charge in [-0.15, -0.1) is 0 Å². The van der Waals surface area contributed by atoms with Gasteiger partial charge in [-0.05, 0) is 60.8 Å². The van der Waals surface area contributed by atoms with Crippen LogP contribution in [-0.4, -0.2) is 42.5 Å². The van der Waals surface area contributed by atoms with Crippen molar-refractivity contribution in [1.29, 1.82) is 0 Å². The third-order valence-corrected chi connectivity index (χ3v) is 8.98. The Kier molecular flexibility index (Phi) is 5.05. The van der Waals surface area contributed by atoms with E-state index in [1.165, 1.54) is 0 Å². The fraction of sp³-hybridized carbons (Fsp3) is 0.609. The first-order valence-corrected chi connectivity index (χ1v) is 12.7. The quantitative estimate of drug-likeness (QED) is 0.694. The number of oxazole rings is 1. The number of nitrogens with zero attached hydrogens (tertiary/aromatic N) is 2. The standard InChI is InChI=1S/C23H28F3N3O3S/c1-21(2,3)19-11-27-20(32-19)15-5-4-14-9-17-6-7-18(10-16(14)8-15)22(17)12-29(13-23(24,25)26)33(30,31)28-22/h4-5,8,11,17-18,28H,6-7,9-10,12-13H2,1-3H3/t17-,18+,22-/m1/s1. The molecule has 180 valence electrons. The maximum absolute atomic E-state index is 13.0. The molecule has 3 aliphatic rings. The van der Waals surface area contributed by atoms with Gasteiger partial charge >= 0.3 is 6.18 Å². The lowest BCUT2D eigenvalue weighted by Gasteiger charge is -2.33. The smallest absolute Gasteiger partial charge is 0.402 e. The van der Waals surface area contributed by atoms with Crippen LogP contribution in [0.5, 0.6) is 0 Å². The number of hydrogen-bond acceptors (Lipinski definition) is 4. The molecule has 2 heterocycles. The van der Waals surface area contributed by atoms with Gasteiger partial charge in [-0.3, -0.25) is 0 Å². The summed E-state index contributed by atoms with van der Waals surface area (Å²) in [5.74, 6) is 1.21. The van der Waals surface area contributed by atoms with E-state index in [2.05, 4.69) is 30.5 Å². The topological polar surface area (TPSA) is 75.4 Å². The largest absolute Gasteiger partial charge is 0.441 e. The highest BCUT2D eigenvalue weighted by molar-refractivity contribution is 7.87. The van der Waals surface area contributed by atoms with Crippen molar-refractivity contribution in [3.63, 3.8) is 0 Å². The Morgan fingerprint density at radius 3 is 2.42 bits per heavy atom. The molecule has 0 radical (unpaired) electrons. The zero-order valence-electron chi connectivity index (χ0n) is 18.9. The summed E-state index contributed by atoms with van der Waals surface area (Å²) in [6.45, 7) is 4.56. The Morgan fingerprint density at radius 1 is 1.15 bits per heavy atom. The third kappa shape index (κ3) is 4.00. The summed E-state index contributed by atoms with van der Waals surface area (Å²) in [6.07, 6.45) is -0.0284. The zero-order chi connectivity index (χ0) is 23.8. The summed E-state index contributed by atoms with van der Waals surface area (Å²) in [6, 6.07) is 6.02. The highest BCUT2D eigenvalue weighted by Gasteiger charge is 2.60. The van der Waals surface area contributed by atoms with Crippen molar-refractivity contribution >= 4 is 10.2 Å². The minimum absolute atomic E-state index is 0.0446. The molecule has 10 heteroatoms. The molecular formula is C23H28F3N3O3S. The number of alkyl halides is 3. The summed E-state index contributed by atoms with van der Waals surface area (Å²) < 4.78 is 73.6. The second-order valence-electron chi connectivity index (χ2n) is 10.7. The summed E-state index contributed by atoms with van der Waals surface area (Å²) in [7, 11) is -4.18. The van der Waals surface area contributed by atoms with Gasteiger partial charge in [-0.1, -0.05) is 26.8 Å². The van der Waals surface area contributed by atoms with Crippen molar-refractivity contribution in [2.45, 2.75) is 63.6 Å². The maximum Gasteiger partial charge on any atom is 0.402 e. The van der Waals surface area contributed by atoms with Gasteiger partial charge in [0, 0.05) is 17.5 Å². The van der Waals surface area contributed by atoms with E-state index in [-0.39, 0.29) is 23.8 Å². The first-order valence-electron chi connectivity index (χ1n) is 11.2. The van der Waals surface area contributed by atoms with Crippen molar-refractivity contribution < 1.29 is 26.0 Å². The van der Waals surface area contributed by atoms with Crippen LogP contribution in [0.2, 0.25) is 0 Å². The van der Waals surface area contributed by atoms with E-state index in [0.717, 1.165) is 35.3 Å². The van der Waals surface area contributed by atoms with Crippen molar-refractivity contribution in [3.8, 4) is 11.5 Å². The zero-order valence-corrected chi connectivity index (χ0v) is 19.7. The summed E-state index contributed by atoms with van der Waals surface area (Å²) in [4.78, 5) is 4.44. The molecule has 2 aliphatic carbocycles. The molecule has 1 aliphatic heterocycles. The molecule has 1 aromatic heterocycles. The van der Waals surface area contributed by atoms with E-state index in [9.17, 15) is 21.6 Å². The van der Waals surface area contributed by atoms with Crippen LogP contribution in [0.1, 0.15) is 50.5 Å². The Balaban J connectivity index is 1.46. The molecule has 2 aromatic rings. The van der Waals surface area contributed by atoms with E-state index < -0.39 is 28.5 Å². The lowest BCUT2D eigenvalue weighted by Crippen LogP contribution is -2.52. The van der Waals surface area contributed by atoms with Gasteiger partial charge in [0.15, 0.2) is 0 Å². The Morgan fingerprint density at radius 2 is 1.82 bits per heavy atom. The van der Waals surface area contributed by atoms with E-state index in [0.29, 0.717) is 23.0 Å². The van der Waals surface area contributed by atoms with E-state index >= 15 is 0 Å². The number of aromatic nitrogens is 1. The van der Waals surface area contributed by atoms with Gasteiger partial charge in [-0.2, -0.15) is 30.6 Å². The van der Waals surface area contributed by atoms with Crippen molar-refractivity contribution in [2.24, 2.45) is 11.8 Å². The summed E-state index contributed by atoms with van der Waals surface area (Å²) in [5, 5.41) is 0. The fourth-order valence-electron chi connectivity index (χ4n) is 5.73. The fourth-order valence-corrected chi connectivity index (χ4v) is 7.44. The van der Waals surface area contributed by atoms with Gasteiger partial charge in [-0.25, -0.2) is 4.98 Å². The third-order valence-electron chi connectivity index (χ3n) is 7.40. The summed E-state index contributed by atoms with van der Waals surface area (Å²) >= 11 is 0. The van der Waals surface area contributed by atoms with Crippen LogP contribution in [-0.2, 0) is 28.5 Å². The number of halogens is 3. The van der Waals surface area contributed by atoms with E-state index in [1.54, 1.807) is 6.20 Å². The summed E-state index contributed by atoms with van der Waals surface area (Å²) in [5.41, 5.74) is 2.02. The monoisotopic (exact) mass is 483 g/mol. The lowest BCUT2D eigenvalue weighted by molar-refractivity contribution is -0.136. The molecule has 1 saturated carbocycles. The molecule has 1 saturated heterocycles. The van der Waals surface area contributed by atoms with Crippen molar-refractivity contribution in [2.75, 3.05) is 13.1 Å². The van der Waals surface area contributed by atoms with Crippen LogP contribution < -0.4 is 4.72 Å². The second kappa shape index (κ2) is 7.29. The van der Waals surface area contributed by atoms with Crippen LogP contribution in [0.25, 0.3) is 11.5 Å². The van der Waals surface area contributed by atoms with Crippen LogP contribution in [0.3, 0.4) is 0 Å². The highest BCUT2D eigenvalue weighted by Crippen LogP contribution is 2.50. The predicted molar refractivity (Wildman–Crippen MR) is 117 cm³/mol. The minimum Gasteiger partial charge on any atom is -0.441 e. The van der Waals surface area contributed by atoms with E-state index in [4.69, 9.17) is 4.42 Å².